The first kappa shape index (κ1) is 25.4. The fourth-order valence-electron chi connectivity index (χ4n) is 8.63. The number of hydrogen-bond acceptors (Lipinski definition) is 9. The molecule has 12 atom stereocenters. The summed E-state index contributed by atoms with van der Waals surface area (Å²) in [6, 6.07) is 0. The topological polar surface area (TPSA) is 143 Å². The molecule has 0 aromatic carbocycles. The highest BCUT2D eigenvalue weighted by Crippen LogP contribution is 2.67. The number of fused-ring (bicyclic) bond motifs is 3. The minimum atomic E-state index is -1.62. The summed E-state index contributed by atoms with van der Waals surface area (Å²) in [5, 5.41) is 40.0. The van der Waals surface area contributed by atoms with Gasteiger partial charge in [0.25, 0.3) is 0 Å². The summed E-state index contributed by atoms with van der Waals surface area (Å²) in [5.41, 5.74) is -1.49. The van der Waals surface area contributed by atoms with E-state index in [2.05, 4.69) is 6.92 Å². The van der Waals surface area contributed by atoms with Crippen LogP contribution >= 0.6 is 0 Å². The van der Waals surface area contributed by atoms with E-state index in [0.29, 0.717) is 12.3 Å². The molecule has 9 nitrogen and oxygen atoms in total. The highest BCUT2D eigenvalue weighted by Gasteiger charge is 2.67. The predicted octanol–water partition coefficient (Wildman–Crippen LogP) is 1.28. The zero-order valence-electron chi connectivity index (χ0n) is 20.9. The normalized spacial score (nSPS) is 53.7. The van der Waals surface area contributed by atoms with Crippen LogP contribution in [-0.4, -0.2) is 75.3 Å². The Hall–Kier alpha value is -1.26. The predicted molar refractivity (Wildman–Crippen MR) is 121 cm³/mol. The van der Waals surface area contributed by atoms with Gasteiger partial charge in [-0.2, -0.15) is 0 Å². The van der Waals surface area contributed by atoms with Crippen LogP contribution in [0.5, 0.6) is 0 Å². The molecule has 0 amide bonds. The SMILES string of the molecule is C[C@@H]1C(=O)O[C@@]23CC[C@H]4[C@@](C)(CCC[C@@]4(C)C(=O)O[C@@H]4O[C@H](CO)[C@@H](O)[C@H](O)[C@H]4O)[C@@H]2CC[C@@H]1C3. The third kappa shape index (κ3) is 3.68. The van der Waals surface area contributed by atoms with Gasteiger partial charge in [-0.25, -0.2) is 0 Å². The van der Waals surface area contributed by atoms with Crippen LogP contribution in [0, 0.1) is 34.5 Å². The summed E-state index contributed by atoms with van der Waals surface area (Å²) in [6.45, 7) is 5.55. The second-order valence-corrected chi connectivity index (χ2v) is 12.3. The number of rotatable bonds is 3. The third-order valence-corrected chi connectivity index (χ3v) is 10.6. The van der Waals surface area contributed by atoms with Gasteiger partial charge in [0.2, 0.25) is 6.29 Å². The van der Waals surface area contributed by atoms with Crippen molar-refractivity contribution in [1.29, 1.82) is 0 Å². The van der Waals surface area contributed by atoms with Crippen molar-refractivity contribution in [3.63, 3.8) is 0 Å². The summed E-state index contributed by atoms with van der Waals surface area (Å²) < 4.78 is 17.3. The lowest BCUT2D eigenvalue weighted by molar-refractivity contribution is -0.299. The minimum Gasteiger partial charge on any atom is -0.459 e. The molecular formula is C26H40O9. The Morgan fingerprint density at radius 3 is 2.49 bits per heavy atom. The van der Waals surface area contributed by atoms with Gasteiger partial charge in [-0.05, 0) is 69.1 Å². The van der Waals surface area contributed by atoms with Gasteiger partial charge in [0, 0.05) is 5.92 Å². The quantitative estimate of drug-likeness (QED) is 0.425. The molecule has 2 bridgehead atoms. The number of esters is 2. The summed E-state index contributed by atoms with van der Waals surface area (Å²) in [4.78, 5) is 26.4. The summed E-state index contributed by atoms with van der Waals surface area (Å²) in [6.07, 6.45) is -0.594. The molecule has 5 fully saturated rings. The lowest BCUT2D eigenvalue weighted by Crippen LogP contribution is -2.66. The number of aliphatic hydroxyl groups excluding tert-OH is 4. The molecule has 0 unspecified atom stereocenters. The first-order chi connectivity index (χ1) is 16.5. The van der Waals surface area contributed by atoms with Crippen LogP contribution < -0.4 is 0 Å². The highest BCUT2D eigenvalue weighted by molar-refractivity contribution is 5.77. The minimum absolute atomic E-state index is 0.00589. The van der Waals surface area contributed by atoms with Gasteiger partial charge >= 0.3 is 11.9 Å². The molecule has 0 aromatic heterocycles. The first-order valence-electron chi connectivity index (χ1n) is 13.2. The Morgan fingerprint density at radius 2 is 1.77 bits per heavy atom. The van der Waals surface area contributed by atoms with Gasteiger partial charge in [-0.1, -0.05) is 20.3 Å². The Labute approximate surface area is 206 Å². The molecule has 5 rings (SSSR count). The number of carbonyl (C=O) groups excluding carboxylic acids is 2. The van der Waals surface area contributed by atoms with Crippen LogP contribution in [0.2, 0.25) is 0 Å². The molecule has 2 heterocycles. The number of hydrogen-bond donors (Lipinski definition) is 4. The Balaban J connectivity index is 1.38. The number of ether oxygens (including phenoxy) is 3. The van der Waals surface area contributed by atoms with Gasteiger partial charge in [0.15, 0.2) is 0 Å². The molecule has 198 valence electrons. The van der Waals surface area contributed by atoms with Gasteiger partial charge in [-0.15, -0.1) is 0 Å². The molecule has 3 aliphatic carbocycles. The van der Waals surface area contributed by atoms with E-state index in [4.69, 9.17) is 14.2 Å². The van der Waals surface area contributed by atoms with Crippen molar-refractivity contribution in [3.8, 4) is 0 Å². The number of aliphatic hydroxyl groups is 4. The molecular weight excluding hydrogens is 456 g/mol. The molecule has 5 aliphatic rings. The molecule has 0 radical (unpaired) electrons. The molecule has 1 spiro atoms. The fourth-order valence-corrected chi connectivity index (χ4v) is 8.63. The maximum Gasteiger partial charge on any atom is 0.314 e. The second-order valence-electron chi connectivity index (χ2n) is 12.3. The van der Waals surface area contributed by atoms with Crippen molar-refractivity contribution in [2.24, 2.45) is 34.5 Å². The molecule has 2 aliphatic heterocycles. The molecule has 4 N–H and O–H groups in total. The lowest BCUT2D eigenvalue weighted by Gasteiger charge is -2.65. The Morgan fingerprint density at radius 1 is 1.03 bits per heavy atom. The lowest BCUT2D eigenvalue weighted by atomic mass is 9.42. The standard InChI is InChI=1S/C26H40O9/c1-13-14-5-6-17-24(2)8-4-9-25(3,16(24)7-10-26(17,11-14)35-21(13)31)23(32)34-22-20(30)19(29)18(28)15(12-27)33-22/h13-20,22,27-30H,4-12H2,1-3H3/t13-,14+,15+,16-,17-,18+,19-,20+,22-,24+,25+,26+/m0/s1. The zero-order chi connectivity index (χ0) is 25.3. The van der Waals surface area contributed by atoms with Crippen LogP contribution in [0.25, 0.3) is 0 Å². The largest absolute Gasteiger partial charge is 0.459 e. The van der Waals surface area contributed by atoms with E-state index in [1.54, 1.807) is 0 Å². The monoisotopic (exact) mass is 496 g/mol. The van der Waals surface area contributed by atoms with Crippen molar-refractivity contribution < 1.29 is 44.2 Å². The maximum atomic E-state index is 13.7. The van der Waals surface area contributed by atoms with Crippen molar-refractivity contribution in [2.75, 3.05) is 6.61 Å². The van der Waals surface area contributed by atoms with E-state index in [9.17, 15) is 30.0 Å². The Kier molecular flexibility index (Phi) is 6.28. The van der Waals surface area contributed by atoms with Crippen LogP contribution in [0.4, 0.5) is 0 Å². The van der Waals surface area contributed by atoms with E-state index >= 15 is 0 Å². The van der Waals surface area contributed by atoms with Crippen molar-refractivity contribution in [1.82, 2.24) is 0 Å². The van der Waals surface area contributed by atoms with E-state index in [1.807, 2.05) is 13.8 Å². The molecule has 9 heteroatoms. The molecule has 2 saturated heterocycles. The highest BCUT2D eigenvalue weighted by atomic mass is 16.7. The van der Waals surface area contributed by atoms with Crippen LogP contribution in [0.15, 0.2) is 0 Å². The second kappa shape index (κ2) is 8.65. The fraction of sp³-hybridized carbons (Fsp3) is 0.923. The molecule has 35 heavy (non-hydrogen) atoms. The van der Waals surface area contributed by atoms with Gasteiger partial charge < -0.3 is 34.6 Å². The average molecular weight is 497 g/mol. The first-order valence-corrected chi connectivity index (χ1v) is 13.2. The van der Waals surface area contributed by atoms with Gasteiger partial charge in [-0.3, -0.25) is 9.59 Å². The maximum absolute atomic E-state index is 13.7. The van der Waals surface area contributed by atoms with Crippen LogP contribution in [0.3, 0.4) is 0 Å². The van der Waals surface area contributed by atoms with E-state index in [1.165, 1.54) is 0 Å². The van der Waals surface area contributed by atoms with Crippen molar-refractivity contribution >= 4 is 11.9 Å². The van der Waals surface area contributed by atoms with E-state index < -0.39 is 54.3 Å². The smallest absolute Gasteiger partial charge is 0.314 e. The summed E-state index contributed by atoms with van der Waals surface area (Å²) in [7, 11) is 0. The van der Waals surface area contributed by atoms with Crippen LogP contribution in [0.1, 0.15) is 72.1 Å². The van der Waals surface area contributed by atoms with Gasteiger partial charge in [0.05, 0.1) is 17.9 Å². The van der Waals surface area contributed by atoms with Crippen LogP contribution in [-0.2, 0) is 23.8 Å². The third-order valence-electron chi connectivity index (χ3n) is 10.6. The van der Waals surface area contributed by atoms with Crippen molar-refractivity contribution in [3.05, 3.63) is 0 Å². The van der Waals surface area contributed by atoms with E-state index in [0.717, 1.165) is 44.9 Å². The molecule has 0 aromatic rings. The summed E-state index contributed by atoms with van der Waals surface area (Å²) >= 11 is 0. The number of carbonyl (C=O) groups is 2. The zero-order valence-corrected chi connectivity index (χ0v) is 20.9. The van der Waals surface area contributed by atoms with E-state index in [-0.39, 0.29) is 29.1 Å². The van der Waals surface area contributed by atoms with Crippen molar-refractivity contribution in [2.45, 2.75) is 108 Å². The molecule has 3 saturated carbocycles. The average Bonchev–Trinajstić information content (AvgIpc) is 2.82. The van der Waals surface area contributed by atoms with Gasteiger partial charge in [0.1, 0.15) is 30.0 Å². The summed E-state index contributed by atoms with van der Waals surface area (Å²) in [5.74, 6) is -0.103. The Bertz CT molecular complexity index is 862.